The van der Waals surface area contributed by atoms with Crippen LogP contribution in [0, 0.1) is 0 Å². The van der Waals surface area contributed by atoms with Crippen molar-refractivity contribution >= 4 is 60.7 Å². The van der Waals surface area contributed by atoms with Crippen molar-refractivity contribution in [2.45, 2.75) is 25.8 Å². The average Bonchev–Trinajstić information content (AvgIpc) is 3.71. The molecule has 0 radical (unpaired) electrons. The summed E-state index contributed by atoms with van der Waals surface area (Å²) in [5.74, 6) is -0.563. The van der Waals surface area contributed by atoms with Gasteiger partial charge < -0.3 is 20.5 Å². The fraction of sp³-hybridized carbons (Fsp3) is 0.171. The maximum atomic E-state index is 13.4. The number of nitrogen functional groups attached to an aromatic ring is 1. The number of aromatic carboxylic acids is 1. The van der Waals surface area contributed by atoms with Crippen LogP contribution in [0.1, 0.15) is 43.3 Å². The number of amides is 1. The Labute approximate surface area is 278 Å². The average molecular weight is 663 g/mol. The maximum absolute atomic E-state index is 13.4. The lowest BCUT2D eigenvalue weighted by molar-refractivity contribution is 0.0690. The number of hydrogen-bond donors (Lipinski definition) is 3. The van der Waals surface area contributed by atoms with Gasteiger partial charge >= 0.3 is 5.97 Å². The first-order valence-electron chi connectivity index (χ1n) is 15.1. The maximum Gasteiger partial charge on any atom is 0.355 e. The van der Waals surface area contributed by atoms with Gasteiger partial charge in [0.05, 0.1) is 28.2 Å². The fourth-order valence-electron chi connectivity index (χ4n) is 5.65. The predicted molar refractivity (Wildman–Crippen MR) is 186 cm³/mol. The van der Waals surface area contributed by atoms with Crippen molar-refractivity contribution in [1.29, 1.82) is 0 Å². The molecule has 4 N–H and O–H groups in total. The van der Waals surface area contributed by atoms with Crippen molar-refractivity contribution in [3.63, 3.8) is 0 Å². The van der Waals surface area contributed by atoms with Crippen LogP contribution < -0.4 is 20.7 Å². The molecule has 1 aliphatic heterocycles. The smallest absolute Gasteiger partial charge is 0.355 e. The molecule has 3 aromatic heterocycles. The van der Waals surface area contributed by atoms with Crippen LogP contribution >= 0.6 is 22.7 Å². The van der Waals surface area contributed by atoms with Gasteiger partial charge in [0.15, 0.2) is 16.0 Å². The first-order valence-corrected chi connectivity index (χ1v) is 16.8. The third kappa shape index (κ3) is 6.51. The zero-order chi connectivity index (χ0) is 32.3. The Morgan fingerprint density at radius 1 is 0.979 bits per heavy atom. The standard InChI is InChI=1S/C35H30N6O4S2/c36-26-8-4-17-37-30(26)22-12-14-23(15-13-22)45-19-5-11-29-31(33(43)44)39-35(47-29)41-18-16-21-6-3-7-24(25(21)20-41)32(42)40-34-38-27-9-1-2-10-28(27)46-34/h1-4,6-10,12-15,17H,5,11,16,18-20,36H2,(H,43,44)(H,38,40,42). The third-order valence-corrected chi connectivity index (χ3v) is 10.1. The van der Waals surface area contributed by atoms with Crippen LogP contribution in [0.4, 0.5) is 16.0 Å². The number of carbonyl (C=O) groups is 2. The van der Waals surface area contributed by atoms with Gasteiger partial charge in [-0.25, -0.2) is 14.8 Å². The van der Waals surface area contributed by atoms with Gasteiger partial charge in [0.1, 0.15) is 5.75 Å². The lowest BCUT2D eigenvalue weighted by Crippen LogP contribution is -2.32. The van der Waals surface area contributed by atoms with E-state index in [9.17, 15) is 14.7 Å². The number of pyridine rings is 1. The summed E-state index contributed by atoms with van der Waals surface area (Å²) in [7, 11) is 0. The van der Waals surface area contributed by atoms with Crippen molar-refractivity contribution in [1.82, 2.24) is 15.0 Å². The number of carboxylic acids is 1. The minimum absolute atomic E-state index is 0.0648. The van der Waals surface area contributed by atoms with Crippen molar-refractivity contribution in [3.05, 3.63) is 112 Å². The lowest BCUT2D eigenvalue weighted by Gasteiger charge is -2.29. The minimum atomic E-state index is -1.05. The molecule has 6 aromatic rings. The molecular formula is C35H30N6O4S2. The number of carboxylic acid groups (broad SMARTS) is 1. The number of fused-ring (bicyclic) bond motifs is 2. The quantitative estimate of drug-likeness (QED) is 0.133. The second-order valence-corrected chi connectivity index (χ2v) is 13.1. The number of ether oxygens (including phenoxy) is 1. The van der Waals surface area contributed by atoms with Crippen molar-refractivity contribution in [2.75, 3.05) is 29.1 Å². The molecule has 0 saturated carbocycles. The van der Waals surface area contributed by atoms with Gasteiger partial charge in [-0.1, -0.05) is 35.6 Å². The van der Waals surface area contributed by atoms with Crippen LogP contribution in [0.2, 0.25) is 0 Å². The molecule has 0 unspecified atom stereocenters. The van der Waals surface area contributed by atoms with Crippen molar-refractivity contribution in [3.8, 4) is 17.0 Å². The Balaban J connectivity index is 1.01. The van der Waals surface area contributed by atoms with Gasteiger partial charge in [-0.15, -0.1) is 11.3 Å². The fourth-order valence-corrected chi connectivity index (χ4v) is 7.63. The molecule has 236 valence electrons. The van der Waals surface area contributed by atoms with E-state index in [4.69, 9.17) is 10.5 Å². The molecule has 7 rings (SSSR count). The van der Waals surface area contributed by atoms with E-state index >= 15 is 0 Å². The third-order valence-electron chi connectivity index (χ3n) is 7.97. The predicted octanol–water partition coefficient (Wildman–Crippen LogP) is 6.92. The molecule has 3 aromatic carbocycles. The summed E-state index contributed by atoms with van der Waals surface area (Å²) in [6, 6.07) is 24.7. The Morgan fingerprint density at radius 2 is 1.83 bits per heavy atom. The van der Waals surface area contributed by atoms with E-state index in [-0.39, 0.29) is 11.6 Å². The number of hydrogen-bond acceptors (Lipinski definition) is 10. The number of aromatic nitrogens is 3. The Kier molecular flexibility index (Phi) is 8.51. The van der Waals surface area contributed by atoms with E-state index < -0.39 is 5.97 Å². The molecule has 0 atom stereocenters. The monoisotopic (exact) mass is 662 g/mol. The molecule has 0 saturated heterocycles. The summed E-state index contributed by atoms with van der Waals surface area (Å²) >= 11 is 2.82. The number of nitrogens with two attached hydrogens (primary N) is 1. The second-order valence-electron chi connectivity index (χ2n) is 11.0. The van der Waals surface area contributed by atoms with Gasteiger partial charge in [0.25, 0.3) is 5.91 Å². The summed E-state index contributed by atoms with van der Waals surface area (Å²) in [4.78, 5) is 41.8. The first kappa shape index (κ1) is 30.3. The first-order chi connectivity index (χ1) is 22.9. The molecule has 12 heteroatoms. The highest BCUT2D eigenvalue weighted by molar-refractivity contribution is 7.22. The number of para-hydroxylation sites is 1. The Morgan fingerprint density at radius 3 is 2.64 bits per heavy atom. The molecule has 4 heterocycles. The van der Waals surface area contributed by atoms with E-state index in [1.807, 2.05) is 72.8 Å². The highest BCUT2D eigenvalue weighted by Gasteiger charge is 2.26. The summed E-state index contributed by atoms with van der Waals surface area (Å²) < 4.78 is 6.94. The van der Waals surface area contributed by atoms with Crippen LogP contribution in [0.25, 0.3) is 21.5 Å². The van der Waals surface area contributed by atoms with Crippen molar-refractivity contribution in [2.24, 2.45) is 0 Å². The van der Waals surface area contributed by atoms with Crippen LogP contribution in [0.3, 0.4) is 0 Å². The highest BCUT2D eigenvalue weighted by atomic mass is 32.1. The second kappa shape index (κ2) is 13.2. The number of aryl methyl sites for hydroxylation is 1. The largest absolute Gasteiger partial charge is 0.494 e. The van der Waals surface area contributed by atoms with E-state index in [0.717, 1.165) is 32.6 Å². The van der Waals surface area contributed by atoms with Gasteiger partial charge in [-0.2, -0.15) is 0 Å². The molecule has 0 aliphatic carbocycles. The molecular weight excluding hydrogens is 633 g/mol. The van der Waals surface area contributed by atoms with Gasteiger partial charge in [-0.3, -0.25) is 15.1 Å². The number of carbonyl (C=O) groups excluding carboxylic acids is 1. The summed E-state index contributed by atoms with van der Waals surface area (Å²) in [5.41, 5.74) is 11.8. The topological polar surface area (TPSA) is 144 Å². The SMILES string of the molecule is Nc1cccnc1-c1ccc(OCCCc2sc(N3CCc4cccc(C(=O)Nc5nc6ccccc6s5)c4C3)nc2C(=O)O)cc1. The van der Waals surface area contributed by atoms with Gasteiger partial charge in [0, 0.05) is 35.3 Å². The van der Waals surface area contributed by atoms with E-state index in [2.05, 4.69) is 25.2 Å². The number of anilines is 3. The van der Waals surface area contributed by atoms with E-state index in [0.29, 0.717) is 71.1 Å². The minimum Gasteiger partial charge on any atom is -0.494 e. The lowest BCUT2D eigenvalue weighted by atomic mass is 9.94. The number of thiazole rings is 2. The highest BCUT2D eigenvalue weighted by Crippen LogP contribution is 2.33. The van der Waals surface area contributed by atoms with Crippen molar-refractivity contribution < 1.29 is 19.4 Å². The number of rotatable bonds is 10. The summed E-state index contributed by atoms with van der Waals surface area (Å²) in [5, 5.41) is 14.1. The van der Waals surface area contributed by atoms with Crippen LogP contribution in [-0.4, -0.2) is 45.1 Å². The van der Waals surface area contributed by atoms with Gasteiger partial charge in [0.2, 0.25) is 0 Å². The number of nitrogens with one attached hydrogen (secondary N) is 1. The zero-order valence-corrected chi connectivity index (χ0v) is 26.8. The molecule has 1 amide bonds. The molecule has 10 nitrogen and oxygen atoms in total. The number of benzene rings is 3. The molecule has 47 heavy (non-hydrogen) atoms. The van der Waals surface area contributed by atoms with Crippen LogP contribution in [0.15, 0.2) is 85.1 Å². The Bertz CT molecular complexity index is 2060. The Hall–Kier alpha value is -5.33. The molecule has 0 bridgehead atoms. The summed E-state index contributed by atoms with van der Waals surface area (Å²) in [6.07, 6.45) is 3.56. The zero-order valence-electron chi connectivity index (χ0n) is 25.2. The van der Waals surface area contributed by atoms with Gasteiger partial charge in [-0.05, 0) is 85.0 Å². The van der Waals surface area contributed by atoms with Crippen LogP contribution in [0.5, 0.6) is 5.75 Å². The van der Waals surface area contributed by atoms with E-state index in [1.165, 1.54) is 22.7 Å². The number of nitrogens with zero attached hydrogens (tertiary/aromatic N) is 4. The normalized spacial score (nSPS) is 12.6. The van der Waals surface area contributed by atoms with E-state index in [1.54, 1.807) is 12.3 Å². The molecule has 0 spiro atoms. The molecule has 0 fully saturated rings. The molecule has 1 aliphatic rings. The summed E-state index contributed by atoms with van der Waals surface area (Å²) in [6.45, 7) is 1.54. The van der Waals surface area contributed by atoms with Crippen LogP contribution in [-0.2, 0) is 19.4 Å².